The maximum absolute atomic E-state index is 11.8. The molecule has 2 heterocycles. The topological polar surface area (TPSA) is 75.9 Å². The predicted molar refractivity (Wildman–Crippen MR) is 56.5 cm³/mol. The summed E-state index contributed by atoms with van der Waals surface area (Å²) in [5.74, 6) is -0.214. The van der Waals surface area contributed by atoms with Gasteiger partial charge in [0.15, 0.2) is 0 Å². The van der Waals surface area contributed by atoms with Gasteiger partial charge in [0.25, 0.3) is 0 Å². The lowest BCUT2D eigenvalue weighted by Gasteiger charge is -2.34. The van der Waals surface area contributed by atoms with E-state index >= 15 is 0 Å². The van der Waals surface area contributed by atoms with Crippen molar-refractivity contribution < 1.29 is 14.3 Å². The van der Waals surface area contributed by atoms with Crippen molar-refractivity contribution in [3.8, 4) is 0 Å². The number of likely N-dealkylation sites (N-methyl/N-ethyl adjacent to an activating group) is 1. The van der Waals surface area contributed by atoms with Crippen molar-refractivity contribution in [3.63, 3.8) is 0 Å². The summed E-state index contributed by atoms with van der Waals surface area (Å²) in [6, 6.07) is -0.310. The Morgan fingerprint density at radius 2 is 2.25 bits per heavy atom. The predicted octanol–water partition coefficient (Wildman–Crippen LogP) is -1.60. The van der Waals surface area contributed by atoms with Crippen molar-refractivity contribution in [3.05, 3.63) is 0 Å². The highest BCUT2D eigenvalue weighted by Crippen LogP contribution is 2.19. The van der Waals surface area contributed by atoms with Crippen LogP contribution in [0.15, 0.2) is 0 Å². The number of imide groups is 1. The van der Waals surface area contributed by atoms with Crippen LogP contribution in [0.5, 0.6) is 0 Å². The Morgan fingerprint density at radius 3 is 2.81 bits per heavy atom. The van der Waals surface area contributed by atoms with Crippen LogP contribution in [-0.4, -0.2) is 67.0 Å². The minimum atomic E-state index is -0.310. The molecule has 0 spiro atoms. The molecule has 2 amide bonds. The molecule has 2 unspecified atom stereocenters. The van der Waals surface area contributed by atoms with E-state index in [2.05, 4.69) is 0 Å². The van der Waals surface area contributed by atoms with Gasteiger partial charge >= 0.3 is 0 Å². The van der Waals surface area contributed by atoms with Gasteiger partial charge in [0.05, 0.1) is 25.2 Å². The summed E-state index contributed by atoms with van der Waals surface area (Å²) in [6.07, 6.45) is 0.259. The van der Waals surface area contributed by atoms with Gasteiger partial charge < -0.3 is 10.5 Å². The van der Waals surface area contributed by atoms with Crippen LogP contribution in [0.3, 0.4) is 0 Å². The third kappa shape index (κ3) is 1.95. The lowest BCUT2D eigenvalue weighted by atomic mass is 10.1. The smallest absolute Gasteiger partial charge is 0.246 e. The second-order valence-electron chi connectivity index (χ2n) is 4.23. The number of ether oxygens (including phenoxy) is 1. The fraction of sp³-hybridized carbons (Fsp3) is 0.800. The largest absolute Gasteiger partial charge is 0.374 e. The molecule has 2 rings (SSSR count). The molecule has 0 aliphatic carbocycles. The summed E-state index contributed by atoms with van der Waals surface area (Å²) in [7, 11) is 1.53. The number of carbonyl (C=O) groups excluding carboxylic acids is 2. The van der Waals surface area contributed by atoms with E-state index in [1.807, 2.05) is 4.90 Å². The Kier molecular flexibility index (Phi) is 3.22. The summed E-state index contributed by atoms with van der Waals surface area (Å²) >= 11 is 0. The standard InChI is InChI=1S/C10H17N3O3/c1-12-9(14)4-8(10(12)15)13-2-3-16-7(5-11)6-13/h7-8H,2-6,11H2,1H3. The minimum Gasteiger partial charge on any atom is -0.374 e. The van der Waals surface area contributed by atoms with Crippen molar-refractivity contribution in [2.45, 2.75) is 18.6 Å². The van der Waals surface area contributed by atoms with E-state index in [-0.39, 0.29) is 30.4 Å². The number of likely N-dealkylation sites (tertiary alicyclic amines) is 1. The van der Waals surface area contributed by atoms with Gasteiger partial charge in [-0.05, 0) is 0 Å². The third-order valence-electron chi connectivity index (χ3n) is 3.23. The zero-order valence-corrected chi connectivity index (χ0v) is 9.39. The van der Waals surface area contributed by atoms with Crippen LogP contribution in [-0.2, 0) is 14.3 Å². The first-order valence-corrected chi connectivity index (χ1v) is 5.49. The number of amides is 2. The van der Waals surface area contributed by atoms with Gasteiger partial charge in [-0.1, -0.05) is 0 Å². The molecule has 0 aromatic rings. The van der Waals surface area contributed by atoms with Crippen molar-refractivity contribution in [1.82, 2.24) is 9.80 Å². The minimum absolute atomic E-state index is 0.0254. The zero-order chi connectivity index (χ0) is 11.7. The monoisotopic (exact) mass is 227 g/mol. The molecule has 90 valence electrons. The van der Waals surface area contributed by atoms with Crippen molar-refractivity contribution in [2.75, 3.05) is 33.3 Å². The number of morpholine rings is 1. The first-order valence-electron chi connectivity index (χ1n) is 5.49. The fourth-order valence-electron chi connectivity index (χ4n) is 2.19. The van der Waals surface area contributed by atoms with Crippen LogP contribution in [0.1, 0.15) is 6.42 Å². The first-order chi connectivity index (χ1) is 7.63. The first kappa shape index (κ1) is 11.5. The number of nitrogens with two attached hydrogens (primary N) is 1. The van der Waals surface area contributed by atoms with E-state index in [0.29, 0.717) is 26.2 Å². The average Bonchev–Trinajstić information content (AvgIpc) is 2.57. The Labute approximate surface area is 94.3 Å². The van der Waals surface area contributed by atoms with Crippen LogP contribution in [0.25, 0.3) is 0 Å². The van der Waals surface area contributed by atoms with E-state index in [1.54, 1.807) is 0 Å². The van der Waals surface area contributed by atoms with Crippen LogP contribution in [0.4, 0.5) is 0 Å². The molecule has 0 aromatic heterocycles. The lowest BCUT2D eigenvalue weighted by Crippen LogP contribution is -2.52. The molecule has 0 radical (unpaired) electrons. The molecule has 6 nitrogen and oxygen atoms in total. The van der Waals surface area contributed by atoms with Crippen molar-refractivity contribution in [2.24, 2.45) is 5.73 Å². The molecular weight excluding hydrogens is 210 g/mol. The molecule has 2 aliphatic rings. The molecule has 6 heteroatoms. The normalized spacial score (nSPS) is 32.5. The van der Waals surface area contributed by atoms with Gasteiger partial charge in [0.2, 0.25) is 11.8 Å². The van der Waals surface area contributed by atoms with Crippen LogP contribution < -0.4 is 5.73 Å². The maximum atomic E-state index is 11.8. The van der Waals surface area contributed by atoms with Crippen LogP contribution in [0.2, 0.25) is 0 Å². The molecule has 0 bridgehead atoms. The van der Waals surface area contributed by atoms with E-state index in [4.69, 9.17) is 10.5 Å². The van der Waals surface area contributed by atoms with Gasteiger partial charge in [-0.25, -0.2) is 0 Å². The SMILES string of the molecule is CN1C(=O)CC(N2CCOC(CN)C2)C1=O. The van der Waals surface area contributed by atoms with Gasteiger partial charge in [-0.15, -0.1) is 0 Å². The van der Waals surface area contributed by atoms with Crippen LogP contribution in [0, 0.1) is 0 Å². The Balaban J connectivity index is 2.02. The van der Waals surface area contributed by atoms with Crippen LogP contribution >= 0.6 is 0 Å². The third-order valence-corrected chi connectivity index (χ3v) is 3.23. The molecular formula is C10H17N3O3. The maximum Gasteiger partial charge on any atom is 0.246 e. The van der Waals surface area contributed by atoms with E-state index in [0.717, 1.165) is 0 Å². The number of hydrogen-bond donors (Lipinski definition) is 1. The zero-order valence-electron chi connectivity index (χ0n) is 9.39. The van der Waals surface area contributed by atoms with Crippen molar-refractivity contribution >= 4 is 11.8 Å². The Morgan fingerprint density at radius 1 is 1.50 bits per heavy atom. The number of rotatable bonds is 2. The quantitative estimate of drug-likeness (QED) is 0.575. The lowest BCUT2D eigenvalue weighted by molar-refractivity contribution is -0.139. The van der Waals surface area contributed by atoms with Gasteiger partial charge in [0, 0.05) is 26.7 Å². The van der Waals surface area contributed by atoms with Gasteiger partial charge in [-0.2, -0.15) is 0 Å². The number of carbonyl (C=O) groups is 2. The van der Waals surface area contributed by atoms with Gasteiger partial charge in [-0.3, -0.25) is 19.4 Å². The highest BCUT2D eigenvalue weighted by atomic mass is 16.5. The highest BCUT2D eigenvalue weighted by Gasteiger charge is 2.41. The summed E-state index contributed by atoms with van der Waals surface area (Å²) < 4.78 is 5.43. The second kappa shape index (κ2) is 4.48. The van der Waals surface area contributed by atoms with E-state index in [1.165, 1.54) is 11.9 Å². The number of nitrogens with zero attached hydrogens (tertiary/aromatic N) is 2. The Hall–Kier alpha value is -0.980. The van der Waals surface area contributed by atoms with Gasteiger partial charge in [0.1, 0.15) is 0 Å². The molecule has 2 fully saturated rings. The summed E-state index contributed by atoms with van der Waals surface area (Å²) in [5, 5.41) is 0. The summed E-state index contributed by atoms with van der Waals surface area (Å²) in [6.45, 7) is 2.34. The summed E-state index contributed by atoms with van der Waals surface area (Å²) in [5.41, 5.74) is 5.54. The second-order valence-corrected chi connectivity index (χ2v) is 4.23. The molecule has 2 atom stereocenters. The molecule has 2 N–H and O–H groups in total. The van der Waals surface area contributed by atoms with Crippen molar-refractivity contribution in [1.29, 1.82) is 0 Å². The van der Waals surface area contributed by atoms with E-state index < -0.39 is 0 Å². The molecule has 0 aromatic carbocycles. The molecule has 2 aliphatic heterocycles. The Bertz CT molecular complexity index is 308. The fourth-order valence-corrected chi connectivity index (χ4v) is 2.19. The highest BCUT2D eigenvalue weighted by molar-refractivity contribution is 6.05. The van der Waals surface area contributed by atoms with E-state index in [9.17, 15) is 9.59 Å². The summed E-state index contributed by atoms with van der Waals surface area (Å²) in [4.78, 5) is 26.4. The molecule has 16 heavy (non-hydrogen) atoms. The number of hydrogen-bond acceptors (Lipinski definition) is 5. The molecule has 2 saturated heterocycles. The molecule has 0 saturated carbocycles. The average molecular weight is 227 g/mol.